The fourth-order valence-corrected chi connectivity index (χ4v) is 1.77. The van der Waals surface area contributed by atoms with Crippen molar-refractivity contribution < 1.29 is 18.4 Å². The lowest BCUT2D eigenvalue weighted by Crippen LogP contribution is -2.27. The molecular weight excluding hydrogens is 282 g/mol. The van der Waals surface area contributed by atoms with Crippen LogP contribution in [0.1, 0.15) is 24.9 Å². The van der Waals surface area contributed by atoms with Gasteiger partial charge in [0, 0.05) is 12.4 Å². The number of nitrogens with one attached hydrogen (secondary N) is 1. The molecule has 1 N–H and O–H groups in total. The van der Waals surface area contributed by atoms with Crippen molar-refractivity contribution in [2.75, 3.05) is 12.4 Å². The molecule has 1 heterocycles. The molecule has 0 bridgehead atoms. The Morgan fingerprint density at radius 2 is 1.95 bits per heavy atom. The van der Waals surface area contributed by atoms with Gasteiger partial charge in [0.05, 0.1) is 22.4 Å². The molecule has 6 heteroatoms. The molecule has 0 spiro atoms. The minimum atomic E-state index is -2.71. The van der Waals surface area contributed by atoms with E-state index in [0.29, 0.717) is 5.56 Å². The highest BCUT2D eigenvalue weighted by Crippen LogP contribution is 2.34. The molecule has 2 rings (SSSR count). The van der Waals surface area contributed by atoms with Gasteiger partial charge in [0.25, 0.3) is 0 Å². The zero-order valence-electron chi connectivity index (χ0n) is 15.6. The number of hydrogen-bond acceptors (Lipinski definition) is 5. The maximum Gasteiger partial charge on any atom is 0.412 e. The molecule has 0 saturated carbocycles. The second-order valence-corrected chi connectivity index (χ2v) is 5.48. The molecule has 1 amide bonds. The topological polar surface area (TPSA) is 73.3 Å². The fourth-order valence-electron chi connectivity index (χ4n) is 1.77. The minimum Gasteiger partial charge on any atom is -0.494 e. The average Bonchev–Trinajstić information content (AvgIpc) is 2.46. The summed E-state index contributed by atoms with van der Waals surface area (Å²) in [6.07, 6.45) is 2.32. The van der Waals surface area contributed by atoms with Gasteiger partial charge in [-0.1, -0.05) is 6.07 Å². The first-order chi connectivity index (χ1) is 11.6. The molecule has 0 atom stereocenters. The lowest BCUT2D eigenvalue weighted by molar-refractivity contribution is 0.0635. The van der Waals surface area contributed by atoms with Crippen LogP contribution in [0.5, 0.6) is 5.75 Å². The molecule has 0 aliphatic rings. The first-order valence-corrected chi connectivity index (χ1v) is 6.64. The first kappa shape index (κ1) is 12.0. The van der Waals surface area contributed by atoms with Crippen LogP contribution in [-0.2, 0) is 4.74 Å². The summed E-state index contributed by atoms with van der Waals surface area (Å²) < 4.78 is 32.4. The van der Waals surface area contributed by atoms with Gasteiger partial charge in [0.1, 0.15) is 5.60 Å². The standard InChI is InChI=1S/C16H19N3O3/c1-16(2,3)22-15(20)19-12-8-5-7-11(13(12)21-4)14-17-9-6-10-18-14/h5-10H,1-4H3,(H,19,20)/i4D3. The van der Waals surface area contributed by atoms with Crippen molar-refractivity contribution in [2.24, 2.45) is 0 Å². The van der Waals surface area contributed by atoms with Crippen LogP contribution in [0.4, 0.5) is 10.5 Å². The average molecular weight is 304 g/mol. The Hall–Kier alpha value is -2.63. The third-order valence-electron chi connectivity index (χ3n) is 2.56. The number of para-hydroxylation sites is 1. The monoisotopic (exact) mass is 304 g/mol. The smallest absolute Gasteiger partial charge is 0.412 e. The molecular formula is C16H19N3O3. The molecule has 0 aliphatic heterocycles. The van der Waals surface area contributed by atoms with Crippen LogP contribution in [-0.4, -0.2) is 28.7 Å². The minimum absolute atomic E-state index is 0.0560. The molecule has 0 fully saturated rings. The quantitative estimate of drug-likeness (QED) is 0.939. The number of carbonyl (C=O) groups is 1. The Morgan fingerprint density at radius 1 is 1.23 bits per heavy atom. The summed E-state index contributed by atoms with van der Waals surface area (Å²) in [7, 11) is -2.71. The molecule has 22 heavy (non-hydrogen) atoms. The van der Waals surface area contributed by atoms with Gasteiger partial charge in [-0.25, -0.2) is 14.8 Å². The van der Waals surface area contributed by atoms with E-state index in [9.17, 15) is 4.79 Å². The molecule has 6 nitrogen and oxygen atoms in total. The van der Waals surface area contributed by atoms with E-state index in [2.05, 4.69) is 15.3 Å². The van der Waals surface area contributed by atoms with Crippen molar-refractivity contribution in [1.82, 2.24) is 9.97 Å². The lowest BCUT2D eigenvalue weighted by atomic mass is 10.1. The Labute approximate surface area is 133 Å². The van der Waals surface area contributed by atoms with E-state index in [1.54, 1.807) is 39.0 Å². The number of hydrogen-bond donors (Lipinski definition) is 1. The number of nitrogens with zero attached hydrogens (tertiary/aromatic N) is 2. The highest BCUT2D eigenvalue weighted by molar-refractivity contribution is 5.89. The maximum atomic E-state index is 12.0. The summed E-state index contributed by atoms with van der Waals surface area (Å²) in [5.41, 5.74) is -0.212. The molecule has 116 valence electrons. The zero-order valence-corrected chi connectivity index (χ0v) is 12.6. The maximum absolute atomic E-state index is 12.0. The Kier molecular flexibility index (Phi) is 3.50. The van der Waals surface area contributed by atoms with Crippen molar-refractivity contribution in [2.45, 2.75) is 26.4 Å². The van der Waals surface area contributed by atoms with Gasteiger partial charge in [-0.15, -0.1) is 0 Å². The van der Waals surface area contributed by atoms with Gasteiger partial charge in [-0.3, -0.25) is 5.32 Å². The molecule has 0 saturated heterocycles. The van der Waals surface area contributed by atoms with Crippen LogP contribution in [0.25, 0.3) is 11.4 Å². The Bertz CT molecular complexity index is 744. The predicted molar refractivity (Wildman–Crippen MR) is 83.9 cm³/mol. The van der Waals surface area contributed by atoms with E-state index in [1.807, 2.05) is 0 Å². The van der Waals surface area contributed by atoms with Gasteiger partial charge in [-0.05, 0) is 39.0 Å². The van der Waals surface area contributed by atoms with E-state index in [0.717, 1.165) is 0 Å². The van der Waals surface area contributed by atoms with Crippen molar-refractivity contribution in [3.8, 4) is 17.1 Å². The van der Waals surface area contributed by atoms with Gasteiger partial charge >= 0.3 is 6.09 Å². The lowest BCUT2D eigenvalue weighted by Gasteiger charge is -2.20. The summed E-state index contributed by atoms with van der Waals surface area (Å²) in [5.74, 6) is 0.217. The van der Waals surface area contributed by atoms with E-state index in [-0.39, 0.29) is 17.3 Å². The Morgan fingerprint density at radius 3 is 2.59 bits per heavy atom. The summed E-state index contributed by atoms with van der Waals surface area (Å²) in [6, 6.07) is 6.38. The number of amides is 1. The van der Waals surface area contributed by atoms with Crippen LogP contribution in [0.15, 0.2) is 36.7 Å². The van der Waals surface area contributed by atoms with Crippen LogP contribution in [0.2, 0.25) is 0 Å². The number of benzene rings is 1. The summed E-state index contributed by atoms with van der Waals surface area (Å²) in [4.78, 5) is 20.2. The predicted octanol–water partition coefficient (Wildman–Crippen LogP) is 3.50. The normalized spacial score (nSPS) is 13.5. The van der Waals surface area contributed by atoms with Crippen molar-refractivity contribution in [1.29, 1.82) is 0 Å². The van der Waals surface area contributed by atoms with Crippen LogP contribution < -0.4 is 10.1 Å². The van der Waals surface area contributed by atoms with Crippen LogP contribution in [0.3, 0.4) is 0 Å². The van der Waals surface area contributed by atoms with Gasteiger partial charge < -0.3 is 9.47 Å². The number of rotatable bonds is 3. The first-order valence-electron chi connectivity index (χ1n) is 8.14. The van der Waals surface area contributed by atoms with Gasteiger partial charge in [0.2, 0.25) is 0 Å². The fraction of sp³-hybridized carbons (Fsp3) is 0.312. The van der Waals surface area contributed by atoms with Crippen molar-refractivity contribution in [3.05, 3.63) is 36.7 Å². The van der Waals surface area contributed by atoms with E-state index >= 15 is 0 Å². The summed E-state index contributed by atoms with van der Waals surface area (Å²) >= 11 is 0. The number of anilines is 1. The molecule has 0 aliphatic carbocycles. The van der Waals surface area contributed by atoms with Crippen molar-refractivity contribution >= 4 is 11.8 Å². The number of methoxy groups -OCH3 is 1. The molecule has 0 radical (unpaired) electrons. The van der Waals surface area contributed by atoms with Crippen LogP contribution in [0, 0.1) is 0 Å². The second kappa shape index (κ2) is 6.43. The van der Waals surface area contributed by atoms with E-state index < -0.39 is 18.7 Å². The Balaban J connectivity index is 2.44. The summed E-state index contributed by atoms with van der Waals surface area (Å²) in [6.45, 7) is 5.17. The van der Waals surface area contributed by atoms with Crippen molar-refractivity contribution in [3.63, 3.8) is 0 Å². The molecule has 0 unspecified atom stereocenters. The van der Waals surface area contributed by atoms with Gasteiger partial charge in [0.15, 0.2) is 11.6 Å². The third-order valence-corrected chi connectivity index (χ3v) is 2.56. The highest BCUT2D eigenvalue weighted by Gasteiger charge is 2.19. The van der Waals surface area contributed by atoms with Gasteiger partial charge in [-0.2, -0.15) is 0 Å². The highest BCUT2D eigenvalue weighted by atomic mass is 16.6. The summed E-state index contributed by atoms with van der Waals surface area (Å²) in [5, 5.41) is 2.51. The number of carbonyl (C=O) groups excluding carboxylic acids is 1. The molecule has 1 aromatic carbocycles. The number of aromatic nitrogens is 2. The van der Waals surface area contributed by atoms with Crippen LogP contribution >= 0.6 is 0 Å². The van der Waals surface area contributed by atoms with E-state index in [1.165, 1.54) is 18.5 Å². The third kappa shape index (κ3) is 3.94. The second-order valence-electron chi connectivity index (χ2n) is 5.48. The van der Waals surface area contributed by atoms with E-state index in [4.69, 9.17) is 13.6 Å². The molecule has 2 aromatic rings. The largest absolute Gasteiger partial charge is 0.494 e. The number of ether oxygens (including phenoxy) is 2. The SMILES string of the molecule is [2H]C([2H])([2H])Oc1c(NC(=O)OC(C)(C)C)cccc1-c1ncccn1. The molecule has 1 aromatic heterocycles. The zero-order chi connectivity index (χ0) is 18.7.